The molecule has 0 aromatic rings. The standard InChI is InChI=1S/C10H16N2O/c1-7-4-8(2)9(3)10(5-7)12(11)6-13/h5-7H,4,11H2,1-3H3/t7-/m1/s1. The number of hydrogen-bond donors (Lipinski definition) is 1. The lowest BCUT2D eigenvalue weighted by Crippen LogP contribution is -2.30. The smallest absolute Gasteiger partial charge is 0.228 e. The van der Waals surface area contributed by atoms with Crippen LogP contribution in [0, 0.1) is 5.92 Å². The number of amides is 1. The Morgan fingerprint density at radius 3 is 2.77 bits per heavy atom. The van der Waals surface area contributed by atoms with Crippen molar-refractivity contribution in [3.05, 3.63) is 22.9 Å². The summed E-state index contributed by atoms with van der Waals surface area (Å²) >= 11 is 0. The Morgan fingerprint density at radius 1 is 1.62 bits per heavy atom. The first-order chi connectivity index (χ1) is 6.06. The number of carbonyl (C=O) groups excluding carboxylic acids is 1. The van der Waals surface area contributed by atoms with Crippen LogP contribution in [0.1, 0.15) is 27.2 Å². The summed E-state index contributed by atoms with van der Waals surface area (Å²) in [5, 5.41) is 1.15. The fourth-order valence-electron chi connectivity index (χ4n) is 1.64. The molecule has 13 heavy (non-hydrogen) atoms. The lowest BCUT2D eigenvalue weighted by molar-refractivity contribution is -0.116. The largest absolute Gasteiger partial charge is 0.277 e. The number of hydrogen-bond acceptors (Lipinski definition) is 2. The molecule has 3 heteroatoms. The highest BCUT2D eigenvalue weighted by Crippen LogP contribution is 2.28. The van der Waals surface area contributed by atoms with Gasteiger partial charge in [0.15, 0.2) is 0 Å². The maximum absolute atomic E-state index is 10.5. The fourth-order valence-corrected chi connectivity index (χ4v) is 1.64. The first-order valence-corrected chi connectivity index (χ1v) is 4.44. The molecule has 72 valence electrons. The van der Waals surface area contributed by atoms with Gasteiger partial charge in [-0.1, -0.05) is 18.6 Å². The maximum atomic E-state index is 10.5. The zero-order valence-corrected chi connectivity index (χ0v) is 8.37. The molecule has 0 aliphatic heterocycles. The quantitative estimate of drug-likeness (QED) is 0.303. The molecule has 0 aromatic carbocycles. The molecule has 0 aromatic heterocycles. The van der Waals surface area contributed by atoms with E-state index in [2.05, 4.69) is 13.8 Å². The molecule has 1 aliphatic carbocycles. The van der Waals surface area contributed by atoms with Gasteiger partial charge in [0.25, 0.3) is 0 Å². The van der Waals surface area contributed by atoms with Crippen LogP contribution in [0.5, 0.6) is 0 Å². The van der Waals surface area contributed by atoms with E-state index < -0.39 is 0 Å². The third kappa shape index (κ3) is 1.98. The lowest BCUT2D eigenvalue weighted by Gasteiger charge is -2.24. The van der Waals surface area contributed by atoms with Crippen molar-refractivity contribution in [1.82, 2.24) is 5.01 Å². The molecule has 0 radical (unpaired) electrons. The van der Waals surface area contributed by atoms with Crippen LogP contribution in [-0.2, 0) is 4.79 Å². The van der Waals surface area contributed by atoms with E-state index in [1.165, 1.54) is 5.57 Å². The zero-order chi connectivity index (χ0) is 10.0. The van der Waals surface area contributed by atoms with Crippen molar-refractivity contribution >= 4 is 6.41 Å². The Bertz CT molecular complexity index is 279. The fraction of sp³-hybridized carbons (Fsp3) is 0.500. The Hall–Kier alpha value is -1.09. The Labute approximate surface area is 78.9 Å². The molecular formula is C10H16N2O. The van der Waals surface area contributed by atoms with Crippen LogP contribution in [0.3, 0.4) is 0 Å². The molecule has 0 spiro atoms. The normalized spacial score (nSPS) is 22.8. The van der Waals surface area contributed by atoms with Crippen molar-refractivity contribution < 1.29 is 4.79 Å². The summed E-state index contributed by atoms with van der Waals surface area (Å²) in [6, 6.07) is 0. The molecule has 0 unspecified atom stereocenters. The molecule has 1 rings (SSSR count). The summed E-state index contributed by atoms with van der Waals surface area (Å²) in [5.41, 5.74) is 3.27. The predicted molar refractivity (Wildman–Crippen MR) is 52.3 cm³/mol. The van der Waals surface area contributed by atoms with E-state index in [1.54, 1.807) is 0 Å². The van der Waals surface area contributed by atoms with Crippen molar-refractivity contribution in [1.29, 1.82) is 0 Å². The molecule has 0 saturated heterocycles. The second-order valence-corrected chi connectivity index (χ2v) is 3.65. The summed E-state index contributed by atoms with van der Waals surface area (Å²) in [6.45, 7) is 6.20. The predicted octanol–water partition coefficient (Wildman–Crippen LogP) is 1.58. The molecule has 1 amide bonds. The van der Waals surface area contributed by atoms with Gasteiger partial charge in [-0.15, -0.1) is 0 Å². The lowest BCUT2D eigenvalue weighted by atomic mass is 9.90. The summed E-state index contributed by atoms with van der Waals surface area (Å²) in [4.78, 5) is 10.5. The number of carbonyl (C=O) groups is 1. The van der Waals surface area contributed by atoms with Crippen molar-refractivity contribution in [3.8, 4) is 0 Å². The second-order valence-electron chi connectivity index (χ2n) is 3.65. The molecule has 1 atom stereocenters. The molecule has 0 fully saturated rings. The monoisotopic (exact) mass is 180 g/mol. The molecule has 2 N–H and O–H groups in total. The van der Waals surface area contributed by atoms with Crippen LogP contribution in [0.4, 0.5) is 0 Å². The number of nitrogens with zero attached hydrogens (tertiary/aromatic N) is 1. The minimum absolute atomic E-state index is 0.463. The Kier molecular flexibility index (Phi) is 2.88. The SMILES string of the molecule is CC1=C(C)C(N(N)C=O)=C[C@H](C)C1. The van der Waals surface area contributed by atoms with E-state index in [4.69, 9.17) is 5.84 Å². The number of allylic oxidation sites excluding steroid dienone is 3. The van der Waals surface area contributed by atoms with Gasteiger partial charge < -0.3 is 0 Å². The zero-order valence-electron chi connectivity index (χ0n) is 8.37. The van der Waals surface area contributed by atoms with Gasteiger partial charge in [-0.3, -0.25) is 9.80 Å². The molecule has 1 aliphatic rings. The van der Waals surface area contributed by atoms with Gasteiger partial charge in [-0.05, 0) is 31.8 Å². The molecule has 0 bridgehead atoms. The van der Waals surface area contributed by atoms with E-state index in [1.807, 2.05) is 13.0 Å². The third-order valence-electron chi connectivity index (χ3n) is 2.49. The van der Waals surface area contributed by atoms with E-state index in [9.17, 15) is 4.79 Å². The molecular weight excluding hydrogens is 164 g/mol. The minimum Gasteiger partial charge on any atom is -0.277 e. The summed E-state index contributed by atoms with van der Waals surface area (Å²) in [5.74, 6) is 5.99. The highest BCUT2D eigenvalue weighted by Gasteiger charge is 2.16. The molecule has 0 heterocycles. The average Bonchev–Trinajstić information content (AvgIpc) is 2.10. The van der Waals surface area contributed by atoms with Crippen molar-refractivity contribution in [2.45, 2.75) is 27.2 Å². The minimum atomic E-state index is 0.463. The first kappa shape index (κ1) is 9.99. The van der Waals surface area contributed by atoms with Gasteiger partial charge in [0.1, 0.15) is 0 Å². The number of hydrazine groups is 1. The number of nitrogens with two attached hydrogens (primary N) is 1. The first-order valence-electron chi connectivity index (χ1n) is 4.44. The highest BCUT2D eigenvalue weighted by molar-refractivity contribution is 5.54. The molecule has 3 nitrogen and oxygen atoms in total. The van der Waals surface area contributed by atoms with Crippen LogP contribution in [0.2, 0.25) is 0 Å². The van der Waals surface area contributed by atoms with Crippen LogP contribution in [0.15, 0.2) is 22.9 Å². The topological polar surface area (TPSA) is 46.3 Å². The summed E-state index contributed by atoms with van der Waals surface area (Å²) in [6.07, 6.45) is 3.74. The Morgan fingerprint density at radius 2 is 2.23 bits per heavy atom. The maximum Gasteiger partial charge on any atom is 0.228 e. The summed E-state index contributed by atoms with van der Waals surface area (Å²) in [7, 11) is 0. The highest BCUT2D eigenvalue weighted by atomic mass is 16.1. The van der Waals surface area contributed by atoms with Crippen molar-refractivity contribution in [2.24, 2.45) is 11.8 Å². The number of rotatable bonds is 2. The van der Waals surface area contributed by atoms with Crippen LogP contribution >= 0.6 is 0 Å². The van der Waals surface area contributed by atoms with Crippen LogP contribution in [0.25, 0.3) is 0 Å². The van der Waals surface area contributed by atoms with Crippen LogP contribution in [-0.4, -0.2) is 11.4 Å². The van der Waals surface area contributed by atoms with Gasteiger partial charge in [0.05, 0.1) is 5.70 Å². The van der Waals surface area contributed by atoms with Gasteiger partial charge in [-0.2, -0.15) is 0 Å². The summed E-state index contributed by atoms with van der Waals surface area (Å²) < 4.78 is 0. The van der Waals surface area contributed by atoms with Gasteiger partial charge >= 0.3 is 0 Å². The molecule has 0 saturated carbocycles. The van der Waals surface area contributed by atoms with E-state index in [0.717, 1.165) is 22.7 Å². The van der Waals surface area contributed by atoms with E-state index >= 15 is 0 Å². The van der Waals surface area contributed by atoms with Gasteiger partial charge in [-0.25, -0.2) is 5.84 Å². The van der Waals surface area contributed by atoms with E-state index in [-0.39, 0.29) is 0 Å². The Balaban J connectivity index is 2.99. The average molecular weight is 180 g/mol. The van der Waals surface area contributed by atoms with E-state index in [0.29, 0.717) is 12.3 Å². The third-order valence-corrected chi connectivity index (χ3v) is 2.49. The van der Waals surface area contributed by atoms with Crippen molar-refractivity contribution in [3.63, 3.8) is 0 Å². The van der Waals surface area contributed by atoms with Crippen LogP contribution < -0.4 is 5.84 Å². The second kappa shape index (κ2) is 3.75. The van der Waals surface area contributed by atoms with Crippen molar-refractivity contribution in [2.75, 3.05) is 0 Å². The van der Waals surface area contributed by atoms with Gasteiger partial charge in [0, 0.05) is 0 Å². The van der Waals surface area contributed by atoms with Gasteiger partial charge in [0.2, 0.25) is 6.41 Å².